The number of hydrogen-bond donors (Lipinski definition) is 8. The number of hydrogen-bond acceptors (Lipinski definition) is 8. The van der Waals surface area contributed by atoms with Crippen LogP contribution in [0.5, 0.6) is 5.75 Å². The average Bonchev–Trinajstić information content (AvgIpc) is 3.08. The Bertz CT molecular complexity index is 1400. The fraction of sp³-hybridized carbons (Fsp3) is 0.500. The van der Waals surface area contributed by atoms with Gasteiger partial charge < -0.3 is 43.2 Å². The zero-order valence-electron chi connectivity index (χ0n) is 29.2. The van der Waals surface area contributed by atoms with Crippen LogP contribution in [0.2, 0.25) is 0 Å². The number of carbonyl (C=O) groups is 6. The molecule has 0 spiro atoms. The molecule has 0 unspecified atom stereocenters. The van der Waals surface area contributed by atoms with Gasteiger partial charge in [-0.1, -0.05) is 88.9 Å². The number of amides is 6. The maximum Gasteiger partial charge on any atom is 0.243 e. The van der Waals surface area contributed by atoms with Gasteiger partial charge in [0.1, 0.15) is 23.9 Å². The summed E-state index contributed by atoms with van der Waals surface area (Å²) in [5.74, 6) is -3.69. The Morgan fingerprint density at radius 2 is 1.26 bits per heavy atom. The van der Waals surface area contributed by atoms with E-state index >= 15 is 0 Å². The number of unbranched alkanes of at least 4 members (excludes halogenated alkanes) is 3. The molecule has 2 aromatic carbocycles. The molecule has 0 fully saturated rings. The molecule has 0 radical (unpaired) electrons. The number of nitrogens with two attached hydrogens (primary N) is 2. The molecule has 14 heteroatoms. The van der Waals surface area contributed by atoms with E-state index in [-0.39, 0.29) is 24.5 Å². The van der Waals surface area contributed by atoms with Crippen molar-refractivity contribution in [1.82, 2.24) is 26.6 Å². The number of aromatic hydroxyl groups is 1. The topological polar surface area (TPSA) is 235 Å². The zero-order chi connectivity index (χ0) is 37.1. The third kappa shape index (κ3) is 15.9. The molecule has 2 rings (SSSR count). The first-order valence-corrected chi connectivity index (χ1v) is 17.1. The monoisotopic (exact) mass is 695 g/mol. The minimum atomic E-state index is -1.07. The van der Waals surface area contributed by atoms with E-state index in [1.54, 1.807) is 36.4 Å². The van der Waals surface area contributed by atoms with E-state index in [4.69, 9.17) is 11.5 Å². The van der Waals surface area contributed by atoms with E-state index < -0.39 is 72.7 Å². The van der Waals surface area contributed by atoms with E-state index in [0.29, 0.717) is 18.4 Å². The summed E-state index contributed by atoms with van der Waals surface area (Å²) < 4.78 is 0. The smallest absolute Gasteiger partial charge is 0.243 e. The number of nitrogens with one attached hydrogen (secondary N) is 5. The first kappa shape index (κ1) is 41.2. The molecule has 0 heterocycles. The van der Waals surface area contributed by atoms with Crippen LogP contribution < -0.4 is 38.1 Å². The van der Waals surface area contributed by atoms with Gasteiger partial charge in [0, 0.05) is 12.8 Å². The minimum absolute atomic E-state index is 0.0431. The Morgan fingerprint density at radius 1 is 0.680 bits per heavy atom. The van der Waals surface area contributed by atoms with Gasteiger partial charge in [0.2, 0.25) is 35.4 Å². The van der Waals surface area contributed by atoms with Gasteiger partial charge in [-0.05, 0) is 42.0 Å². The summed E-state index contributed by atoms with van der Waals surface area (Å²) in [5, 5.41) is 22.4. The standard InChI is InChI=1S/C36H53N7O7/c1-4-5-6-10-13-27(37)34(48)43-29(20-25-14-16-26(44)17-15-25)35(49)40-21-31(45)39-22-32(46)41-30(19-24-11-8-7-9-12-24)36(50)42-28(33(38)47)18-23(2)3/h7-9,11-12,14-17,23,27-30,44H,4-6,10,13,18-22,37H2,1-3H3,(H2,38,47)(H,39,45)(H,40,49)(H,41,46)(H,42,50)(H,43,48)/t27-,28-,29-,30-/m0/s1. The number of rotatable bonds is 22. The quantitative estimate of drug-likeness (QED) is 0.0815. The number of phenolic OH excluding ortho intramolecular Hbond substituents is 1. The normalized spacial score (nSPS) is 13.3. The van der Waals surface area contributed by atoms with Gasteiger partial charge in [0.05, 0.1) is 19.1 Å². The molecule has 274 valence electrons. The van der Waals surface area contributed by atoms with E-state index in [2.05, 4.69) is 33.5 Å². The van der Waals surface area contributed by atoms with Crippen molar-refractivity contribution < 1.29 is 33.9 Å². The van der Waals surface area contributed by atoms with Crippen molar-refractivity contribution in [2.75, 3.05) is 13.1 Å². The first-order chi connectivity index (χ1) is 23.8. The third-order valence-electron chi connectivity index (χ3n) is 7.89. The lowest BCUT2D eigenvalue weighted by molar-refractivity contribution is -0.132. The lowest BCUT2D eigenvalue weighted by Gasteiger charge is -2.23. The van der Waals surface area contributed by atoms with Gasteiger partial charge >= 0.3 is 0 Å². The summed E-state index contributed by atoms with van der Waals surface area (Å²) in [4.78, 5) is 76.6. The van der Waals surface area contributed by atoms with Crippen LogP contribution in [0.4, 0.5) is 0 Å². The van der Waals surface area contributed by atoms with Crippen LogP contribution in [-0.2, 0) is 41.6 Å². The maximum atomic E-state index is 13.2. The molecule has 14 nitrogen and oxygen atoms in total. The molecule has 0 aliphatic rings. The fourth-order valence-corrected chi connectivity index (χ4v) is 5.10. The lowest BCUT2D eigenvalue weighted by Crippen LogP contribution is -2.55. The van der Waals surface area contributed by atoms with Crippen LogP contribution in [0.15, 0.2) is 54.6 Å². The Kier molecular flexibility index (Phi) is 18.0. The highest BCUT2D eigenvalue weighted by Crippen LogP contribution is 2.12. The molecule has 0 aromatic heterocycles. The molecule has 10 N–H and O–H groups in total. The molecule has 6 amide bonds. The Hall–Kier alpha value is -4.98. The van der Waals surface area contributed by atoms with Crippen LogP contribution in [0.25, 0.3) is 0 Å². The number of primary amides is 1. The maximum absolute atomic E-state index is 13.2. The van der Waals surface area contributed by atoms with Crippen molar-refractivity contribution in [3.8, 4) is 5.75 Å². The number of carbonyl (C=O) groups excluding carboxylic acids is 6. The Labute approximate surface area is 293 Å². The van der Waals surface area contributed by atoms with Crippen LogP contribution in [0.3, 0.4) is 0 Å². The Balaban J connectivity index is 2.00. The van der Waals surface area contributed by atoms with E-state index in [0.717, 1.165) is 31.2 Å². The van der Waals surface area contributed by atoms with Gasteiger partial charge in [0.25, 0.3) is 0 Å². The van der Waals surface area contributed by atoms with Gasteiger partial charge in [-0.3, -0.25) is 28.8 Å². The largest absolute Gasteiger partial charge is 0.508 e. The molecule has 0 aliphatic carbocycles. The van der Waals surface area contributed by atoms with Crippen LogP contribution in [0.1, 0.15) is 70.4 Å². The van der Waals surface area contributed by atoms with Gasteiger partial charge in [-0.2, -0.15) is 0 Å². The van der Waals surface area contributed by atoms with Crippen LogP contribution in [0, 0.1) is 5.92 Å². The lowest BCUT2D eigenvalue weighted by atomic mass is 10.0. The average molecular weight is 696 g/mol. The highest BCUT2D eigenvalue weighted by atomic mass is 16.3. The highest BCUT2D eigenvalue weighted by molar-refractivity contribution is 5.94. The summed E-state index contributed by atoms with van der Waals surface area (Å²) in [6.07, 6.45) is 4.75. The second-order valence-corrected chi connectivity index (χ2v) is 12.8. The van der Waals surface area contributed by atoms with Crippen molar-refractivity contribution in [3.63, 3.8) is 0 Å². The molecule has 50 heavy (non-hydrogen) atoms. The summed E-state index contributed by atoms with van der Waals surface area (Å²) in [6.45, 7) is 4.85. The molecule has 0 bridgehead atoms. The molecule has 4 atom stereocenters. The van der Waals surface area contributed by atoms with E-state index in [9.17, 15) is 33.9 Å². The predicted octanol–water partition coefficient (Wildman–Crippen LogP) is 0.693. The zero-order valence-corrected chi connectivity index (χ0v) is 29.2. The predicted molar refractivity (Wildman–Crippen MR) is 189 cm³/mol. The van der Waals surface area contributed by atoms with Crippen molar-refractivity contribution >= 4 is 35.4 Å². The number of benzene rings is 2. The summed E-state index contributed by atoms with van der Waals surface area (Å²) in [6, 6.07) is 11.2. The molecular weight excluding hydrogens is 642 g/mol. The van der Waals surface area contributed by atoms with Gasteiger partial charge in [-0.25, -0.2) is 0 Å². The molecule has 0 saturated heterocycles. The third-order valence-corrected chi connectivity index (χ3v) is 7.89. The van der Waals surface area contributed by atoms with E-state index in [1.807, 2.05) is 19.9 Å². The van der Waals surface area contributed by atoms with Crippen LogP contribution >= 0.6 is 0 Å². The second-order valence-electron chi connectivity index (χ2n) is 12.8. The molecular formula is C36H53N7O7. The molecule has 2 aromatic rings. The van der Waals surface area contributed by atoms with Crippen molar-refractivity contribution in [3.05, 3.63) is 65.7 Å². The fourth-order valence-electron chi connectivity index (χ4n) is 5.10. The SMILES string of the molecule is CCCCCC[C@H](N)C(=O)N[C@@H](Cc1ccc(O)cc1)C(=O)NCC(=O)NCC(=O)N[C@@H](Cc1ccccc1)C(=O)N[C@@H](CC(C)C)C(N)=O. The summed E-state index contributed by atoms with van der Waals surface area (Å²) in [7, 11) is 0. The van der Waals surface area contributed by atoms with Crippen molar-refractivity contribution in [2.45, 2.75) is 96.3 Å². The minimum Gasteiger partial charge on any atom is -0.508 e. The summed E-state index contributed by atoms with van der Waals surface area (Å²) >= 11 is 0. The number of phenols is 1. The Morgan fingerprint density at radius 3 is 1.86 bits per heavy atom. The van der Waals surface area contributed by atoms with Gasteiger partial charge in [-0.15, -0.1) is 0 Å². The van der Waals surface area contributed by atoms with Crippen molar-refractivity contribution in [2.24, 2.45) is 17.4 Å². The van der Waals surface area contributed by atoms with Crippen molar-refractivity contribution in [1.29, 1.82) is 0 Å². The van der Waals surface area contributed by atoms with Crippen LogP contribution in [-0.4, -0.2) is 77.8 Å². The first-order valence-electron chi connectivity index (χ1n) is 17.1. The van der Waals surface area contributed by atoms with E-state index in [1.165, 1.54) is 12.1 Å². The second kappa shape index (κ2) is 21.9. The summed E-state index contributed by atoms with van der Waals surface area (Å²) in [5.41, 5.74) is 13.0. The molecule has 0 saturated carbocycles. The van der Waals surface area contributed by atoms with Gasteiger partial charge in [0.15, 0.2) is 0 Å². The molecule has 0 aliphatic heterocycles. The highest BCUT2D eigenvalue weighted by Gasteiger charge is 2.27.